The lowest BCUT2D eigenvalue weighted by atomic mass is 10.1. The van der Waals surface area contributed by atoms with Crippen LogP contribution in [0.4, 0.5) is 0 Å². The second kappa shape index (κ2) is 8.66. The predicted molar refractivity (Wildman–Crippen MR) is 115 cm³/mol. The van der Waals surface area contributed by atoms with Gasteiger partial charge in [0.15, 0.2) is 0 Å². The van der Waals surface area contributed by atoms with Gasteiger partial charge in [0, 0.05) is 13.1 Å². The summed E-state index contributed by atoms with van der Waals surface area (Å²) < 4.78 is 3.28. The molecular formula is C23H28N4O2. The highest BCUT2D eigenvalue weighted by Gasteiger charge is 2.24. The zero-order valence-electron chi connectivity index (χ0n) is 16.9. The van der Waals surface area contributed by atoms with Crippen molar-refractivity contribution in [2.45, 2.75) is 38.9 Å². The maximum absolute atomic E-state index is 12.8. The van der Waals surface area contributed by atoms with Gasteiger partial charge in [0.05, 0.1) is 17.1 Å². The van der Waals surface area contributed by atoms with E-state index in [4.69, 9.17) is 0 Å². The molecule has 0 unspecified atom stereocenters. The van der Waals surface area contributed by atoms with Gasteiger partial charge in [0.2, 0.25) is 5.91 Å². The molecule has 1 aliphatic rings. The zero-order valence-corrected chi connectivity index (χ0v) is 16.9. The molecule has 3 aromatic rings. The minimum Gasteiger partial charge on any atom is -0.353 e. The van der Waals surface area contributed by atoms with Crippen molar-refractivity contribution in [3.63, 3.8) is 0 Å². The Morgan fingerprint density at radius 1 is 0.966 bits per heavy atom. The van der Waals surface area contributed by atoms with Crippen molar-refractivity contribution >= 4 is 16.9 Å². The molecule has 6 heteroatoms. The number of carbonyl (C=O) groups is 1. The summed E-state index contributed by atoms with van der Waals surface area (Å²) in [6.45, 7) is 5.22. The monoisotopic (exact) mass is 392 g/mol. The van der Waals surface area contributed by atoms with Crippen LogP contribution in [0.15, 0.2) is 59.4 Å². The van der Waals surface area contributed by atoms with Gasteiger partial charge in [-0.05, 0) is 50.6 Å². The lowest BCUT2D eigenvalue weighted by Crippen LogP contribution is -2.39. The Labute approximate surface area is 170 Å². The van der Waals surface area contributed by atoms with Crippen LogP contribution in [0.1, 0.15) is 31.4 Å². The number of likely N-dealkylation sites (tertiary alicyclic amines) is 1. The highest BCUT2D eigenvalue weighted by molar-refractivity contribution is 5.81. The number of aromatic nitrogens is 2. The minimum atomic E-state index is -0.136. The summed E-state index contributed by atoms with van der Waals surface area (Å²) in [5.41, 5.74) is 2.75. The van der Waals surface area contributed by atoms with Gasteiger partial charge in [0.1, 0.15) is 6.54 Å². The van der Waals surface area contributed by atoms with Crippen LogP contribution in [0.25, 0.3) is 11.0 Å². The minimum absolute atomic E-state index is 0.0356. The number of benzene rings is 2. The fourth-order valence-electron chi connectivity index (χ4n) is 4.33. The SMILES string of the molecule is CCn1c(=O)n(CC(=O)NC[C@H](c2ccccc2)N2CCCC2)c2ccccc21. The van der Waals surface area contributed by atoms with Crippen LogP contribution in [-0.4, -0.2) is 39.6 Å². The number of carbonyl (C=O) groups excluding carboxylic acids is 1. The fourth-order valence-corrected chi connectivity index (χ4v) is 4.33. The highest BCUT2D eigenvalue weighted by Crippen LogP contribution is 2.24. The van der Waals surface area contributed by atoms with Crippen LogP contribution in [0.2, 0.25) is 0 Å². The topological polar surface area (TPSA) is 59.3 Å². The van der Waals surface area contributed by atoms with Gasteiger partial charge in [-0.25, -0.2) is 4.79 Å². The molecule has 1 amide bonds. The summed E-state index contributed by atoms with van der Waals surface area (Å²) in [7, 11) is 0. The molecule has 2 aromatic carbocycles. The Bertz CT molecular complexity index is 1030. The van der Waals surface area contributed by atoms with E-state index in [1.54, 1.807) is 9.13 Å². The number of rotatable bonds is 7. The van der Waals surface area contributed by atoms with Gasteiger partial charge >= 0.3 is 5.69 Å². The second-order valence-electron chi connectivity index (χ2n) is 7.58. The van der Waals surface area contributed by atoms with Crippen molar-refractivity contribution in [1.29, 1.82) is 0 Å². The smallest absolute Gasteiger partial charge is 0.329 e. The van der Waals surface area contributed by atoms with E-state index in [0.717, 1.165) is 24.1 Å². The van der Waals surface area contributed by atoms with Gasteiger partial charge in [-0.3, -0.25) is 18.8 Å². The third-order valence-electron chi connectivity index (χ3n) is 5.80. The molecule has 4 rings (SSSR count). The molecular weight excluding hydrogens is 364 g/mol. The molecule has 0 bridgehead atoms. The molecule has 0 spiro atoms. The first-order valence-electron chi connectivity index (χ1n) is 10.4. The van der Waals surface area contributed by atoms with E-state index in [2.05, 4.69) is 22.3 Å². The quantitative estimate of drug-likeness (QED) is 0.673. The zero-order chi connectivity index (χ0) is 20.2. The molecule has 1 aromatic heterocycles. The number of hydrogen-bond donors (Lipinski definition) is 1. The average molecular weight is 393 g/mol. The number of nitrogens with one attached hydrogen (secondary N) is 1. The number of fused-ring (bicyclic) bond motifs is 1. The van der Waals surface area contributed by atoms with Crippen LogP contribution >= 0.6 is 0 Å². The van der Waals surface area contributed by atoms with E-state index in [-0.39, 0.29) is 24.2 Å². The van der Waals surface area contributed by atoms with E-state index in [1.807, 2.05) is 49.4 Å². The first kappa shape index (κ1) is 19.5. The van der Waals surface area contributed by atoms with Crippen LogP contribution in [-0.2, 0) is 17.9 Å². The molecule has 1 saturated heterocycles. The molecule has 6 nitrogen and oxygen atoms in total. The predicted octanol–water partition coefficient (Wildman–Crippen LogP) is 2.78. The summed E-state index contributed by atoms with van der Waals surface area (Å²) >= 11 is 0. The lowest BCUT2D eigenvalue weighted by Gasteiger charge is -2.28. The van der Waals surface area contributed by atoms with Crippen LogP contribution in [0.5, 0.6) is 0 Å². The summed E-state index contributed by atoms with van der Waals surface area (Å²) in [6.07, 6.45) is 2.40. The third-order valence-corrected chi connectivity index (χ3v) is 5.80. The van der Waals surface area contributed by atoms with Gasteiger partial charge in [-0.2, -0.15) is 0 Å². The molecule has 2 heterocycles. The Morgan fingerprint density at radius 2 is 1.59 bits per heavy atom. The molecule has 1 N–H and O–H groups in total. The molecule has 0 aliphatic carbocycles. The summed E-state index contributed by atoms with van der Waals surface area (Å²) in [6, 6.07) is 18.1. The average Bonchev–Trinajstić information content (AvgIpc) is 3.36. The first-order valence-corrected chi connectivity index (χ1v) is 10.4. The van der Waals surface area contributed by atoms with Crippen molar-refractivity contribution in [3.8, 4) is 0 Å². The van der Waals surface area contributed by atoms with Crippen LogP contribution < -0.4 is 11.0 Å². The maximum atomic E-state index is 12.8. The number of hydrogen-bond acceptors (Lipinski definition) is 3. The Hall–Kier alpha value is -2.86. The van der Waals surface area contributed by atoms with Crippen LogP contribution in [0.3, 0.4) is 0 Å². The van der Waals surface area contributed by atoms with Crippen molar-refractivity contribution in [1.82, 2.24) is 19.4 Å². The van der Waals surface area contributed by atoms with Crippen molar-refractivity contribution in [2.75, 3.05) is 19.6 Å². The first-order chi connectivity index (χ1) is 14.2. The highest BCUT2D eigenvalue weighted by atomic mass is 16.2. The van der Waals surface area contributed by atoms with E-state index in [0.29, 0.717) is 13.1 Å². The van der Waals surface area contributed by atoms with Crippen LogP contribution in [0, 0.1) is 0 Å². The number of aryl methyl sites for hydroxylation is 1. The van der Waals surface area contributed by atoms with E-state index in [1.165, 1.54) is 18.4 Å². The van der Waals surface area contributed by atoms with Gasteiger partial charge < -0.3 is 5.32 Å². The van der Waals surface area contributed by atoms with Gasteiger partial charge in [-0.15, -0.1) is 0 Å². The number of nitrogens with zero attached hydrogens (tertiary/aromatic N) is 3. The summed E-state index contributed by atoms with van der Waals surface area (Å²) in [5, 5.41) is 3.08. The molecule has 29 heavy (non-hydrogen) atoms. The molecule has 1 fully saturated rings. The van der Waals surface area contributed by atoms with E-state index < -0.39 is 0 Å². The molecule has 1 aliphatic heterocycles. The lowest BCUT2D eigenvalue weighted by molar-refractivity contribution is -0.121. The number of amides is 1. The molecule has 0 radical (unpaired) electrons. The Kier molecular flexibility index (Phi) is 5.81. The molecule has 152 valence electrons. The van der Waals surface area contributed by atoms with E-state index >= 15 is 0 Å². The Balaban J connectivity index is 1.50. The normalized spacial score (nSPS) is 15.6. The second-order valence-corrected chi connectivity index (χ2v) is 7.58. The van der Waals surface area contributed by atoms with Crippen molar-refractivity contribution < 1.29 is 4.79 Å². The summed E-state index contributed by atoms with van der Waals surface area (Å²) in [4.78, 5) is 28.0. The van der Waals surface area contributed by atoms with E-state index in [9.17, 15) is 9.59 Å². The molecule has 0 saturated carbocycles. The molecule has 1 atom stereocenters. The Morgan fingerprint density at radius 3 is 2.24 bits per heavy atom. The maximum Gasteiger partial charge on any atom is 0.329 e. The van der Waals surface area contributed by atoms with Crippen molar-refractivity contribution in [3.05, 3.63) is 70.6 Å². The third kappa shape index (κ3) is 3.98. The van der Waals surface area contributed by atoms with Gasteiger partial charge in [0.25, 0.3) is 0 Å². The number of imidazole rings is 1. The fraction of sp³-hybridized carbons (Fsp3) is 0.391. The van der Waals surface area contributed by atoms with Gasteiger partial charge in [-0.1, -0.05) is 42.5 Å². The summed E-state index contributed by atoms with van der Waals surface area (Å²) in [5.74, 6) is -0.133. The number of para-hydroxylation sites is 2. The standard InChI is InChI=1S/C23H28N4O2/c1-2-26-19-12-6-7-13-20(19)27(23(26)29)17-22(28)24-16-21(25-14-8-9-15-25)18-10-4-3-5-11-18/h3-7,10-13,21H,2,8-9,14-17H2,1H3,(H,24,28)/t21-/m1/s1. The largest absolute Gasteiger partial charge is 0.353 e. The van der Waals surface area contributed by atoms with Crippen molar-refractivity contribution in [2.24, 2.45) is 0 Å².